The summed E-state index contributed by atoms with van der Waals surface area (Å²) in [5.74, 6) is 0.459. The molecule has 1 aliphatic carbocycles. The van der Waals surface area contributed by atoms with E-state index in [1.54, 1.807) is 12.1 Å². The van der Waals surface area contributed by atoms with Crippen molar-refractivity contribution in [3.05, 3.63) is 39.9 Å². The second kappa shape index (κ2) is 6.79. The van der Waals surface area contributed by atoms with Crippen LogP contribution in [0, 0.1) is 6.92 Å². The zero-order chi connectivity index (χ0) is 16.4. The molecule has 3 rings (SSSR count). The number of nitrogens with zero attached hydrogens (tertiary/aromatic N) is 1. The number of halogens is 1. The van der Waals surface area contributed by atoms with Gasteiger partial charge in [-0.15, -0.1) is 11.3 Å². The van der Waals surface area contributed by atoms with E-state index in [0.717, 1.165) is 24.1 Å². The second-order valence-corrected chi connectivity index (χ2v) is 8.87. The monoisotopic (exact) mass is 370 g/mol. The molecule has 1 aliphatic rings. The Balaban J connectivity index is 1.79. The van der Waals surface area contributed by atoms with E-state index in [1.807, 2.05) is 12.3 Å². The van der Waals surface area contributed by atoms with Crippen molar-refractivity contribution in [2.45, 2.75) is 49.8 Å². The van der Waals surface area contributed by atoms with Crippen molar-refractivity contribution >= 4 is 38.1 Å². The van der Waals surface area contributed by atoms with Crippen LogP contribution < -0.4 is 4.72 Å². The van der Waals surface area contributed by atoms with Gasteiger partial charge < -0.3 is 0 Å². The lowest BCUT2D eigenvalue weighted by Gasteiger charge is -2.19. The van der Waals surface area contributed by atoms with E-state index in [-0.39, 0.29) is 9.92 Å². The van der Waals surface area contributed by atoms with Crippen molar-refractivity contribution in [2.75, 3.05) is 4.72 Å². The van der Waals surface area contributed by atoms with E-state index in [0.29, 0.717) is 11.0 Å². The molecular formula is C16H19ClN2O2S2. The molecule has 0 bridgehead atoms. The van der Waals surface area contributed by atoms with E-state index in [1.165, 1.54) is 36.7 Å². The SMILES string of the molecule is Cc1ccc(S(=O)(=O)Nc2nc(C3CCCCC3)cs2)c(Cl)c1. The quantitative estimate of drug-likeness (QED) is 0.827. The van der Waals surface area contributed by atoms with Crippen molar-refractivity contribution in [1.29, 1.82) is 0 Å². The van der Waals surface area contributed by atoms with Gasteiger partial charge in [-0.2, -0.15) is 0 Å². The molecule has 0 radical (unpaired) electrons. The van der Waals surface area contributed by atoms with Gasteiger partial charge in [-0.3, -0.25) is 4.72 Å². The molecule has 124 valence electrons. The fourth-order valence-corrected chi connectivity index (χ4v) is 5.56. The van der Waals surface area contributed by atoms with Crippen LogP contribution in [0.5, 0.6) is 0 Å². The summed E-state index contributed by atoms with van der Waals surface area (Å²) in [6.07, 6.45) is 6.01. The zero-order valence-electron chi connectivity index (χ0n) is 12.9. The summed E-state index contributed by atoms with van der Waals surface area (Å²) in [5.41, 5.74) is 1.92. The van der Waals surface area contributed by atoms with Gasteiger partial charge in [0, 0.05) is 11.3 Å². The smallest absolute Gasteiger partial charge is 0.255 e. The number of aryl methyl sites for hydroxylation is 1. The molecule has 1 aromatic carbocycles. The van der Waals surface area contributed by atoms with Crippen molar-refractivity contribution < 1.29 is 8.42 Å². The average molecular weight is 371 g/mol. The number of nitrogens with one attached hydrogen (secondary N) is 1. The standard InChI is InChI=1S/C16H19ClN2O2S2/c1-11-7-8-15(13(17)9-11)23(20,21)19-16-18-14(10-22-16)12-5-3-2-4-6-12/h7-10,12H,2-6H2,1H3,(H,18,19). The van der Waals surface area contributed by atoms with Gasteiger partial charge >= 0.3 is 0 Å². The third-order valence-corrected chi connectivity index (χ3v) is 6.87. The maximum Gasteiger partial charge on any atom is 0.265 e. The number of anilines is 1. The minimum Gasteiger partial charge on any atom is -0.255 e. The number of thiazole rings is 1. The Kier molecular flexibility index (Phi) is 4.94. The summed E-state index contributed by atoms with van der Waals surface area (Å²) >= 11 is 7.40. The number of hydrogen-bond acceptors (Lipinski definition) is 4. The molecule has 7 heteroatoms. The molecule has 0 aliphatic heterocycles. The van der Waals surface area contributed by atoms with Gasteiger partial charge in [0.2, 0.25) is 0 Å². The summed E-state index contributed by atoms with van der Waals surface area (Å²) in [4.78, 5) is 4.56. The van der Waals surface area contributed by atoms with Crippen LogP contribution >= 0.6 is 22.9 Å². The van der Waals surface area contributed by atoms with E-state index in [4.69, 9.17) is 11.6 Å². The topological polar surface area (TPSA) is 59.1 Å². The van der Waals surface area contributed by atoms with Crippen LogP contribution in [-0.2, 0) is 10.0 Å². The van der Waals surface area contributed by atoms with Crippen LogP contribution in [0.2, 0.25) is 5.02 Å². The maximum atomic E-state index is 12.5. The molecule has 23 heavy (non-hydrogen) atoms. The molecule has 0 unspecified atom stereocenters. The molecule has 0 spiro atoms. The highest BCUT2D eigenvalue weighted by Gasteiger charge is 2.22. The van der Waals surface area contributed by atoms with Crippen molar-refractivity contribution in [3.63, 3.8) is 0 Å². The predicted molar refractivity (Wildman–Crippen MR) is 94.9 cm³/mol. The van der Waals surface area contributed by atoms with Crippen LogP contribution in [0.15, 0.2) is 28.5 Å². The molecule has 1 aromatic heterocycles. The Hall–Kier alpha value is -1.11. The van der Waals surface area contributed by atoms with Crippen LogP contribution in [0.25, 0.3) is 0 Å². The van der Waals surface area contributed by atoms with Gasteiger partial charge in [-0.25, -0.2) is 13.4 Å². The van der Waals surface area contributed by atoms with Crippen LogP contribution in [0.4, 0.5) is 5.13 Å². The minimum absolute atomic E-state index is 0.0826. The lowest BCUT2D eigenvalue weighted by molar-refractivity contribution is 0.438. The molecule has 4 nitrogen and oxygen atoms in total. The minimum atomic E-state index is -3.71. The summed E-state index contributed by atoms with van der Waals surface area (Å²) < 4.78 is 27.5. The molecule has 0 saturated heterocycles. The largest absolute Gasteiger partial charge is 0.265 e. The van der Waals surface area contributed by atoms with Crippen LogP contribution in [0.3, 0.4) is 0 Å². The highest BCUT2D eigenvalue weighted by molar-refractivity contribution is 7.93. The Labute approximate surface area is 146 Å². The Morgan fingerprint density at radius 2 is 2.00 bits per heavy atom. The number of aromatic nitrogens is 1. The third kappa shape index (κ3) is 3.87. The van der Waals surface area contributed by atoms with Gasteiger partial charge in [0.1, 0.15) is 4.90 Å². The Morgan fingerprint density at radius 1 is 1.26 bits per heavy atom. The molecule has 1 fully saturated rings. The average Bonchev–Trinajstić information content (AvgIpc) is 2.95. The first kappa shape index (κ1) is 16.7. The van der Waals surface area contributed by atoms with Crippen molar-refractivity contribution in [1.82, 2.24) is 4.98 Å². The van der Waals surface area contributed by atoms with Gasteiger partial charge in [0.25, 0.3) is 10.0 Å². The number of benzene rings is 1. The summed E-state index contributed by atoms with van der Waals surface area (Å²) in [5, 5.41) is 2.59. The molecular weight excluding hydrogens is 352 g/mol. The van der Waals surface area contributed by atoms with Crippen molar-refractivity contribution in [3.8, 4) is 0 Å². The van der Waals surface area contributed by atoms with Gasteiger partial charge in [0.15, 0.2) is 5.13 Å². The molecule has 1 N–H and O–H groups in total. The third-order valence-electron chi connectivity index (χ3n) is 4.14. The molecule has 1 saturated carbocycles. The highest BCUT2D eigenvalue weighted by atomic mass is 35.5. The fourth-order valence-electron chi connectivity index (χ4n) is 2.91. The lowest BCUT2D eigenvalue weighted by atomic mass is 9.87. The summed E-state index contributed by atoms with van der Waals surface area (Å²) in [6.45, 7) is 1.87. The first-order valence-electron chi connectivity index (χ1n) is 7.70. The summed E-state index contributed by atoms with van der Waals surface area (Å²) in [7, 11) is -3.71. The van der Waals surface area contributed by atoms with E-state index < -0.39 is 10.0 Å². The molecule has 2 aromatic rings. The molecule has 1 heterocycles. The van der Waals surface area contributed by atoms with Crippen LogP contribution in [-0.4, -0.2) is 13.4 Å². The zero-order valence-corrected chi connectivity index (χ0v) is 15.3. The first-order chi connectivity index (χ1) is 11.0. The summed E-state index contributed by atoms with van der Waals surface area (Å²) in [6, 6.07) is 4.90. The predicted octanol–water partition coefficient (Wildman–Crippen LogP) is 4.95. The van der Waals surface area contributed by atoms with Gasteiger partial charge in [-0.1, -0.05) is 36.9 Å². The molecule has 0 atom stereocenters. The first-order valence-corrected chi connectivity index (χ1v) is 10.4. The normalized spacial score (nSPS) is 16.4. The molecule has 0 amide bonds. The van der Waals surface area contributed by atoms with Gasteiger partial charge in [-0.05, 0) is 37.5 Å². The second-order valence-electron chi connectivity index (χ2n) is 5.95. The number of rotatable bonds is 4. The Morgan fingerprint density at radius 3 is 2.70 bits per heavy atom. The van der Waals surface area contributed by atoms with Gasteiger partial charge in [0.05, 0.1) is 10.7 Å². The van der Waals surface area contributed by atoms with Crippen LogP contribution in [0.1, 0.15) is 49.3 Å². The lowest BCUT2D eigenvalue weighted by Crippen LogP contribution is -2.13. The fraction of sp³-hybridized carbons (Fsp3) is 0.438. The van der Waals surface area contributed by atoms with Crippen molar-refractivity contribution in [2.24, 2.45) is 0 Å². The Bertz CT molecular complexity index is 796. The maximum absolute atomic E-state index is 12.5. The number of sulfonamides is 1. The van der Waals surface area contributed by atoms with E-state index in [2.05, 4.69) is 9.71 Å². The van der Waals surface area contributed by atoms with E-state index >= 15 is 0 Å². The number of hydrogen-bond donors (Lipinski definition) is 1. The van der Waals surface area contributed by atoms with E-state index in [9.17, 15) is 8.42 Å². The highest BCUT2D eigenvalue weighted by Crippen LogP contribution is 2.34.